The topological polar surface area (TPSA) is 46.3 Å². The second-order valence-electron chi connectivity index (χ2n) is 6.99. The summed E-state index contributed by atoms with van der Waals surface area (Å²) in [5, 5.41) is 0. The average Bonchev–Trinajstić information content (AvgIpc) is 3.37. The van der Waals surface area contributed by atoms with Crippen LogP contribution in [-0.2, 0) is 17.8 Å². The van der Waals surface area contributed by atoms with E-state index in [2.05, 4.69) is 36.1 Å². The van der Waals surface area contributed by atoms with Crippen LogP contribution in [0.1, 0.15) is 56.6 Å². The molecule has 0 bridgehead atoms. The summed E-state index contributed by atoms with van der Waals surface area (Å²) in [6, 6.07) is 9.40. The van der Waals surface area contributed by atoms with Gasteiger partial charge in [0.15, 0.2) is 0 Å². The first kappa shape index (κ1) is 15.5. The lowest BCUT2D eigenvalue weighted by Gasteiger charge is -2.31. The van der Waals surface area contributed by atoms with Crippen LogP contribution >= 0.6 is 0 Å². The van der Waals surface area contributed by atoms with Crippen LogP contribution in [0.2, 0.25) is 0 Å². The standard InChI is InChI=1S/C19H28N2O/c1-2-14-6-8-15(9-7-14)13-21(18-10-11-18)19(22)16-4-3-5-17(20)12-16/h6-9,16-18H,2-5,10-13,20H2,1H3. The molecule has 2 N–H and O–H groups in total. The molecular formula is C19H28N2O. The Kier molecular flexibility index (Phi) is 4.82. The van der Waals surface area contributed by atoms with E-state index >= 15 is 0 Å². The van der Waals surface area contributed by atoms with Gasteiger partial charge >= 0.3 is 0 Å². The van der Waals surface area contributed by atoms with Gasteiger partial charge in [0.1, 0.15) is 0 Å². The van der Waals surface area contributed by atoms with Crippen LogP contribution in [0.15, 0.2) is 24.3 Å². The molecule has 3 rings (SSSR count). The van der Waals surface area contributed by atoms with Crippen molar-refractivity contribution < 1.29 is 4.79 Å². The van der Waals surface area contributed by atoms with E-state index in [0.29, 0.717) is 11.9 Å². The van der Waals surface area contributed by atoms with E-state index in [-0.39, 0.29) is 12.0 Å². The summed E-state index contributed by atoms with van der Waals surface area (Å²) in [6.07, 6.45) is 7.45. The number of rotatable bonds is 5. The minimum Gasteiger partial charge on any atom is -0.335 e. The monoisotopic (exact) mass is 300 g/mol. The highest BCUT2D eigenvalue weighted by Crippen LogP contribution is 2.33. The van der Waals surface area contributed by atoms with E-state index < -0.39 is 0 Å². The van der Waals surface area contributed by atoms with E-state index in [1.807, 2.05) is 0 Å². The Morgan fingerprint density at radius 1 is 1.14 bits per heavy atom. The number of carbonyl (C=O) groups excluding carboxylic acids is 1. The predicted octanol–water partition coefficient (Wildman–Crippen LogP) is 3.26. The number of aryl methyl sites for hydroxylation is 1. The Labute approximate surface area is 133 Å². The van der Waals surface area contributed by atoms with E-state index in [1.54, 1.807) is 0 Å². The normalized spacial score (nSPS) is 25.0. The van der Waals surface area contributed by atoms with Gasteiger partial charge in [-0.05, 0) is 49.7 Å². The van der Waals surface area contributed by atoms with Crippen molar-refractivity contribution in [3.05, 3.63) is 35.4 Å². The van der Waals surface area contributed by atoms with Crippen LogP contribution in [0, 0.1) is 5.92 Å². The van der Waals surface area contributed by atoms with Gasteiger partial charge in [-0.2, -0.15) is 0 Å². The minimum atomic E-state index is 0.152. The lowest BCUT2D eigenvalue weighted by Crippen LogP contribution is -2.41. The molecule has 1 amide bonds. The number of hydrogen-bond donors (Lipinski definition) is 1. The zero-order valence-electron chi connectivity index (χ0n) is 13.6. The zero-order valence-corrected chi connectivity index (χ0v) is 13.6. The largest absolute Gasteiger partial charge is 0.335 e. The number of amides is 1. The third kappa shape index (κ3) is 3.70. The molecule has 0 aliphatic heterocycles. The third-order valence-corrected chi connectivity index (χ3v) is 5.12. The molecule has 2 saturated carbocycles. The van der Waals surface area contributed by atoms with E-state index in [1.165, 1.54) is 11.1 Å². The summed E-state index contributed by atoms with van der Waals surface area (Å²) in [5.74, 6) is 0.497. The molecule has 1 aromatic rings. The quantitative estimate of drug-likeness (QED) is 0.907. The van der Waals surface area contributed by atoms with Gasteiger partial charge in [0.05, 0.1) is 0 Å². The van der Waals surface area contributed by atoms with Crippen LogP contribution in [0.5, 0.6) is 0 Å². The molecule has 2 unspecified atom stereocenters. The third-order valence-electron chi connectivity index (χ3n) is 5.12. The van der Waals surface area contributed by atoms with Gasteiger partial charge in [-0.3, -0.25) is 4.79 Å². The van der Waals surface area contributed by atoms with Crippen LogP contribution in [0.4, 0.5) is 0 Å². The Morgan fingerprint density at radius 2 is 1.82 bits per heavy atom. The highest BCUT2D eigenvalue weighted by molar-refractivity contribution is 5.79. The van der Waals surface area contributed by atoms with E-state index in [0.717, 1.165) is 51.5 Å². The highest BCUT2D eigenvalue weighted by atomic mass is 16.2. The molecule has 2 fully saturated rings. The summed E-state index contributed by atoms with van der Waals surface area (Å²) < 4.78 is 0. The van der Waals surface area contributed by atoms with Crippen LogP contribution in [0.3, 0.4) is 0 Å². The predicted molar refractivity (Wildman–Crippen MR) is 89.3 cm³/mol. The highest BCUT2D eigenvalue weighted by Gasteiger charge is 2.37. The first-order valence-corrected chi connectivity index (χ1v) is 8.81. The van der Waals surface area contributed by atoms with Crippen molar-refractivity contribution in [2.75, 3.05) is 0 Å². The molecule has 0 spiro atoms. The van der Waals surface area contributed by atoms with Crippen molar-refractivity contribution in [1.29, 1.82) is 0 Å². The maximum Gasteiger partial charge on any atom is 0.226 e. The summed E-state index contributed by atoms with van der Waals surface area (Å²) in [4.78, 5) is 15.1. The van der Waals surface area contributed by atoms with Crippen molar-refractivity contribution in [2.24, 2.45) is 11.7 Å². The molecule has 22 heavy (non-hydrogen) atoms. The maximum absolute atomic E-state index is 12.9. The van der Waals surface area contributed by atoms with E-state index in [9.17, 15) is 4.79 Å². The minimum absolute atomic E-state index is 0.152. The van der Waals surface area contributed by atoms with Crippen molar-refractivity contribution in [3.8, 4) is 0 Å². The molecule has 3 nitrogen and oxygen atoms in total. The number of hydrogen-bond acceptors (Lipinski definition) is 2. The van der Waals surface area contributed by atoms with Gasteiger partial charge in [-0.25, -0.2) is 0 Å². The second-order valence-corrected chi connectivity index (χ2v) is 6.99. The van der Waals surface area contributed by atoms with Crippen molar-refractivity contribution in [2.45, 2.75) is 70.5 Å². The van der Waals surface area contributed by atoms with Gasteiger partial charge < -0.3 is 10.6 Å². The molecule has 0 saturated heterocycles. The molecule has 120 valence electrons. The fourth-order valence-corrected chi connectivity index (χ4v) is 3.54. The lowest BCUT2D eigenvalue weighted by molar-refractivity contribution is -0.138. The molecule has 0 heterocycles. The van der Waals surface area contributed by atoms with Crippen LogP contribution < -0.4 is 5.73 Å². The molecule has 0 aromatic heterocycles. The Bertz CT molecular complexity index is 507. The van der Waals surface area contributed by atoms with Crippen molar-refractivity contribution in [3.63, 3.8) is 0 Å². The number of nitrogens with zero attached hydrogens (tertiary/aromatic N) is 1. The number of carbonyl (C=O) groups is 1. The summed E-state index contributed by atoms with van der Waals surface area (Å²) >= 11 is 0. The maximum atomic E-state index is 12.9. The molecule has 2 atom stereocenters. The smallest absolute Gasteiger partial charge is 0.226 e. The fraction of sp³-hybridized carbons (Fsp3) is 0.632. The molecule has 2 aliphatic carbocycles. The Hall–Kier alpha value is -1.35. The van der Waals surface area contributed by atoms with Crippen molar-refractivity contribution >= 4 is 5.91 Å². The zero-order chi connectivity index (χ0) is 15.5. The SMILES string of the molecule is CCc1ccc(CN(C(=O)C2CCCC(N)C2)C2CC2)cc1. The molecule has 2 aliphatic rings. The number of benzene rings is 1. The lowest BCUT2D eigenvalue weighted by atomic mass is 9.85. The van der Waals surface area contributed by atoms with Gasteiger partial charge in [0, 0.05) is 24.5 Å². The van der Waals surface area contributed by atoms with Gasteiger partial charge in [0.25, 0.3) is 0 Å². The fourth-order valence-electron chi connectivity index (χ4n) is 3.54. The molecular weight excluding hydrogens is 272 g/mol. The number of nitrogens with two attached hydrogens (primary N) is 1. The first-order valence-electron chi connectivity index (χ1n) is 8.81. The second kappa shape index (κ2) is 6.82. The Balaban J connectivity index is 1.67. The van der Waals surface area contributed by atoms with E-state index in [4.69, 9.17) is 5.73 Å². The van der Waals surface area contributed by atoms with Crippen molar-refractivity contribution in [1.82, 2.24) is 4.90 Å². The first-order chi connectivity index (χ1) is 10.7. The summed E-state index contributed by atoms with van der Waals surface area (Å²) in [6.45, 7) is 2.93. The average molecular weight is 300 g/mol. The Morgan fingerprint density at radius 3 is 2.41 bits per heavy atom. The summed E-state index contributed by atoms with van der Waals surface area (Å²) in [5.41, 5.74) is 8.67. The molecule has 3 heteroatoms. The van der Waals surface area contributed by atoms with Gasteiger partial charge in [-0.15, -0.1) is 0 Å². The summed E-state index contributed by atoms with van der Waals surface area (Å²) in [7, 11) is 0. The molecule has 1 aromatic carbocycles. The van der Waals surface area contributed by atoms with Gasteiger partial charge in [0.2, 0.25) is 5.91 Å². The van der Waals surface area contributed by atoms with Gasteiger partial charge in [-0.1, -0.05) is 37.6 Å². The molecule has 0 radical (unpaired) electrons. The van der Waals surface area contributed by atoms with Crippen LogP contribution in [0.25, 0.3) is 0 Å². The van der Waals surface area contributed by atoms with Crippen LogP contribution in [-0.4, -0.2) is 22.9 Å².